The second kappa shape index (κ2) is 4.56. The van der Waals surface area contributed by atoms with Crippen LogP contribution in [0.4, 0.5) is 11.5 Å². The first-order chi connectivity index (χ1) is 5.83. The fraction of sp³-hybridized carbons (Fsp3) is 0.375. The highest BCUT2D eigenvalue weighted by atomic mass is 16.3. The number of nitrogens with two attached hydrogens (primary N) is 1. The van der Waals surface area contributed by atoms with Crippen LogP contribution >= 0.6 is 0 Å². The van der Waals surface area contributed by atoms with E-state index in [1.807, 2.05) is 6.07 Å². The van der Waals surface area contributed by atoms with Crippen LogP contribution in [0.15, 0.2) is 18.3 Å². The second-order valence-electron chi connectivity index (χ2n) is 2.47. The summed E-state index contributed by atoms with van der Waals surface area (Å²) in [7, 11) is 0. The lowest BCUT2D eigenvalue weighted by atomic mass is 10.3. The van der Waals surface area contributed by atoms with E-state index in [1.54, 1.807) is 12.3 Å². The number of anilines is 2. The molecule has 0 aliphatic rings. The van der Waals surface area contributed by atoms with Crippen molar-refractivity contribution in [1.29, 1.82) is 0 Å². The van der Waals surface area contributed by atoms with E-state index >= 15 is 0 Å². The summed E-state index contributed by atoms with van der Waals surface area (Å²) in [6.45, 7) is 0.952. The van der Waals surface area contributed by atoms with Crippen molar-refractivity contribution < 1.29 is 5.11 Å². The van der Waals surface area contributed by atoms with Gasteiger partial charge in [-0.05, 0) is 12.5 Å². The van der Waals surface area contributed by atoms with E-state index in [4.69, 9.17) is 10.8 Å². The van der Waals surface area contributed by atoms with Crippen LogP contribution in [-0.4, -0.2) is 23.2 Å². The number of aromatic nitrogens is 1. The number of aliphatic hydroxyl groups is 1. The first-order valence-electron chi connectivity index (χ1n) is 3.89. The van der Waals surface area contributed by atoms with Crippen molar-refractivity contribution in [2.45, 2.75) is 6.42 Å². The van der Waals surface area contributed by atoms with Crippen LogP contribution in [0, 0.1) is 0 Å². The molecule has 0 bridgehead atoms. The zero-order valence-electron chi connectivity index (χ0n) is 6.83. The topological polar surface area (TPSA) is 71.2 Å². The molecule has 12 heavy (non-hydrogen) atoms. The molecule has 4 nitrogen and oxygen atoms in total. The van der Waals surface area contributed by atoms with Crippen LogP contribution in [0.1, 0.15) is 6.42 Å². The normalized spacial score (nSPS) is 9.75. The molecule has 0 aliphatic carbocycles. The van der Waals surface area contributed by atoms with E-state index in [0.717, 1.165) is 18.7 Å². The van der Waals surface area contributed by atoms with E-state index < -0.39 is 0 Å². The first kappa shape index (κ1) is 8.80. The first-order valence-corrected chi connectivity index (χ1v) is 3.89. The minimum absolute atomic E-state index is 0.202. The van der Waals surface area contributed by atoms with Crippen LogP contribution < -0.4 is 11.1 Å². The number of hydrogen-bond acceptors (Lipinski definition) is 4. The summed E-state index contributed by atoms with van der Waals surface area (Å²) in [5.41, 5.74) is 6.40. The molecule has 0 aliphatic heterocycles. The average molecular weight is 167 g/mol. The van der Waals surface area contributed by atoms with Gasteiger partial charge in [0.2, 0.25) is 0 Å². The number of nitrogens with zero attached hydrogens (tertiary/aromatic N) is 1. The van der Waals surface area contributed by atoms with Crippen LogP contribution in [0.3, 0.4) is 0 Å². The zero-order valence-corrected chi connectivity index (χ0v) is 6.83. The van der Waals surface area contributed by atoms with Gasteiger partial charge in [-0.2, -0.15) is 0 Å². The third kappa shape index (κ3) is 2.75. The Morgan fingerprint density at radius 3 is 3.08 bits per heavy atom. The fourth-order valence-electron chi connectivity index (χ4n) is 0.870. The maximum atomic E-state index is 8.52. The Bertz CT molecular complexity index is 239. The van der Waals surface area contributed by atoms with E-state index in [9.17, 15) is 0 Å². The van der Waals surface area contributed by atoms with Gasteiger partial charge in [0.15, 0.2) is 0 Å². The lowest BCUT2D eigenvalue weighted by molar-refractivity contribution is 0.292. The molecule has 0 unspecified atom stereocenters. The summed E-state index contributed by atoms with van der Waals surface area (Å²) in [6, 6.07) is 3.60. The summed E-state index contributed by atoms with van der Waals surface area (Å²) < 4.78 is 0. The molecule has 0 saturated heterocycles. The highest BCUT2D eigenvalue weighted by Gasteiger charge is 1.91. The van der Waals surface area contributed by atoms with Gasteiger partial charge in [0.1, 0.15) is 5.82 Å². The van der Waals surface area contributed by atoms with E-state index in [-0.39, 0.29) is 6.61 Å². The van der Waals surface area contributed by atoms with Crippen LogP contribution in [-0.2, 0) is 0 Å². The predicted octanol–water partition coefficient (Wildman–Crippen LogP) is 0.458. The number of nitrogen functional groups attached to an aromatic ring is 1. The summed E-state index contributed by atoms with van der Waals surface area (Å²) in [6.07, 6.45) is 2.39. The Hall–Kier alpha value is -1.29. The molecule has 1 rings (SSSR count). The Kier molecular flexibility index (Phi) is 3.35. The number of rotatable bonds is 4. The monoisotopic (exact) mass is 167 g/mol. The fourth-order valence-corrected chi connectivity index (χ4v) is 0.870. The van der Waals surface area contributed by atoms with Gasteiger partial charge in [-0.25, -0.2) is 4.98 Å². The van der Waals surface area contributed by atoms with Gasteiger partial charge >= 0.3 is 0 Å². The molecule has 0 spiro atoms. The standard InChI is InChI=1S/C8H13N3O/c9-8-6-7(2-4-11-8)10-3-1-5-12/h2,4,6,12H,1,3,5H2,(H3,9,10,11). The Balaban J connectivity index is 2.41. The minimum atomic E-state index is 0.202. The molecular formula is C8H13N3O. The van der Waals surface area contributed by atoms with E-state index in [0.29, 0.717) is 5.82 Å². The molecular weight excluding hydrogens is 154 g/mol. The predicted molar refractivity (Wildman–Crippen MR) is 48.8 cm³/mol. The summed E-state index contributed by atoms with van der Waals surface area (Å²) in [5, 5.41) is 11.6. The molecule has 0 atom stereocenters. The Morgan fingerprint density at radius 1 is 1.58 bits per heavy atom. The highest BCUT2D eigenvalue weighted by molar-refractivity contribution is 5.49. The van der Waals surface area contributed by atoms with Gasteiger partial charge in [-0.1, -0.05) is 0 Å². The maximum absolute atomic E-state index is 8.52. The van der Waals surface area contributed by atoms with Crippen molar-refractivity contribution in [2.75, 3.05) is 24.2 Å². The molecule has 66 valence electrons. The molecule has 0 radical (unpaired) electrons. The van der Waals surface area contributed by atoms with Crippen molar-refractivity contribution >= 4 is 11.5 Å². The van der Waals surface area contributed by atoms with Gasteiger partial charge in [-0.3, -0.25) is 0 Å². The van der Waals surface area contributed by atoms with Gasteiger partial charge < -0.3 is 16.2 Å². The second-order valence-corrected chi connectivity index (χ2v) is 2.47. The molecule has 0 aromatic carbocycles. The summed E-state index contributed by atoms with van der Waals surface area (Å²) in [4.78, 5) is 3.86. The number of hydrogen-bond donors (Lipinski definition) is 3. The Morgan fingerprint density at radius 2 is 2.42 bits per heavy atom. The third-order valence-corrected chi connectivity index (χ3v) is 1.45. The number of pyridine rings is 1. The van der Waals surface area contributed by atoms with Crippen molar-refractivity contribution in [2.24, 2.45) is 0 Å². The molecule has 4 heteroatoms. The summed E-state index contributed by atoms with van der Waals surface area (Å²) in [5.74, 6) is 0.504. The third-order valence-electron chi connectivity index (χ3n) is 1.45. The lowest BCUT2D eigenvalue weighted by Gasteiger charge is -2.04. The number of nitrogens with one attached hydrogen (secondary N) is 1. The molecule has 0 saturated carbocycles. The molecule has 0 fully saturated rings. The molecule has 1 aromatic rings. The average Bonchev–Trinajstić information content (AvgIpc) is 2.05. The van der Waals surface area contributed by atoms with E-state index in [1.165, 1.54) is 0 Å². The lowest BCUT2D eigenvalue weighted by Crippen LogP contribution is -2.03. The van der Waals surface area contributed by atoms with Gasteiger partial charge in [0, 0.05) is 31.1 Å². The molecule has 4 N–H and O–H groups in total. The van der Waals surface area contributed by atoms with Crippen molar-refractivity contribution in [1.82, 2.24) is 4.98 Å². The largest absolute Gasteiger partial charge is 0.396 e. The van der Waals surface area contributed by atoms with Gasteiger partial charge in [-0.15, -0.1) is 0 Å². The van der Waals surface area contributed by atoms with Crippen molar-refractivity contribution in [3.8, 4) is 0 Å². The number of aliphatic hydroxyl groups excluding tert-OH is 1. The van der Waals surface area contributed by atoms with Crippen molar-refractivity contribution in [3.05, 3.63) is 18.3 Å². The zero-order chi connectivity index (χ0) is 8.81. The highest BCUT2D eigenvalue weighted by Crippen LogP contribution is 2.08. The van der Waals surface area contributed by atoms with Crippen molar-refractivity contribution in [3.63, 3.8) is 0 Å². The summed E-state index contributed by atoms with van der Waals surface area (Å²) >= 11 is 0. The van der Waals surface area contributed by atoms with Gasteiger partial charge in [0.05, 0.1) is 0 Å². The van der Waals surface area contributed by atoms with E-state index in [2.05, 4.69) is 10.3 Å². The molecule has 0 amide bonds. The van der Waals surface area contributed by atoms with Gasteiger partial charge in [0.25, 0.3) is 0 Å². The van der Waals surface area contributed by atoms with Crippen LogP contribution in [0.2, 0.25) is 0 Å². The smallest absolute Gasteiger partial charge is 0.125 e. The molecule has 1 aromatic heterocycles. The molecule has 1 heterocycles. The minimum Gasteiger partial charge on any atom is -0.396 e. The van der Waals surface area contributed by atoms with Crippen LogP contribution in [0.25, 0.3) is 0 Å². The van der Waals surface area contributed by atoms with Crippen LogP contribution in [0.5, 0.6) is 0 Å². The maximum Gasteiger partial charge on any atom is 0.125 e. The SMILES string of the molecule is Nc1cc(NCCCO)ccn1. The Labute approximate surface area is 71.4 Å². The quantitative estimate of drug-likeness (QED) is 0.570.